The molecular weight excluding hydrogens is 405 g/mol. The first-order chi connectivity index (χ1) is 13.7. The van der Waals surface area contributed by atoms with Crippen LogP contribution in [0.1, 0.15) is 25.1 Å². The van der Waals surface area contributed by atoms with E-state index < -0.39 is 11.9 Å². The number of alkyl halides is 3. The van der Waals surface area contributed by atoms with Crippen LogP contribution in [0.4, 0.5) is 18.9 Å². The summed E-state index contributed by atoms with van der Waals surface area (Å²) in [6.45, 7) is 4.09. The van der Waals surface area contributed by atoms with E-state index in [-0.39, 0.29) is 12.6 Å². The fourth-order valence-electron chi connectivity index (χ4n) is 2.48. The summed E-state index contributed by atoms with van der Waals surface area (Å²) in [6, 6.07) is 7.72. The Labute approximate surface area is 170 Å². The quantitative estimate of drug-likeness (QED) is 0.559. The summed E-state index contributed by atoms with van der Waals surface area (Å²) >= 11 is 6.24. The van der Waals surface area contributed by atoms with Crippen molar-refractivity contribution in [3.8, 4) is 17.1 Å². The number of aromatic nitrogens is 3. The Morgan fingerprint density at radius 1 is 1.07 bits per heavy atom. The van der Waals surface area contributed by atoms with Crippen molar-refractivity contribution >= 4 is 17.3 Å². The van der Waals surface area contributed by atoms with Crippen LogP contribution in [0.5, 0.6) is 5.75 Å². The predicted molar refractivity (Wildman–Crippen MR) is 105 cm³/mol. The first-order valence-corrected chi connectivity index (χ1v) is 9.15. The Morgan fingerprint density at radius 3 is 2.41 bits per heavy atom. The van der Waals surface area contributed by atoms with Crippen LogP contribution in [-0.2, 0) is 12.7 Å². The monoisotopic (exact) mass is 422 g/mol. The number of pyridine rings is 1. The number of rotatable bonds is 6. The number of benzene rings is 1. The van der Waals surface area contributed by atoms with Gasteiger partial charge in [-0.15, -0.1) is 0 Å². The van der Waals surface area contributed by atoms with Crippen LogP contribution in [0.3, 0.4) is 0 Å². The normalized spacial score (nSPS) is 11.6. The molecule has 0 aliphatic carbocycles. The summed E-state index contributed by atoms with van der Waals surface area (Å²) in [4.78, 5) is 11.9. The lowest BCUT2D eigenvalue weighted by molar-refractivity contribution is -0.141. The molecule has 3 aromatic rings. The first kappa shape index (κ1) is 20.9. The molecule has 152 valence electrons. The summed E-state index contributed by atoms with van der Waals surface area (Å²) in [6.07, 6.45) is -0.156. The van der Waals surface area contributed by atoms with Crippen molar-refractivity contribution < 1.29 is 17.9 Å². The van der Waals surface area contributed by atoms with Gasteiger partial charge in [-0.05, 0) is 44.2 Å². The zero-order valence-corrected chi connectivity index (χ0v) is 16.4. The highest BCUT2D eigenvalue weighted by atomic mass is 35.5. The minimum atomic E-state index is -4.49. The molecule has 0 aliphatic heterocycles. The SMILES string of the molecule is CC(C)Oc1ccc(-c2ncc(CNc3ccnc(C(F)(F)F)c3)cn2)cc1Cl. The molecule has 0 amide bonds. The lowest BCUT2D eigenvalue weighted by Crippen LogP contribution is -2.09. The van der Waals surface area contributed by atoms with Gasteiger partial charge < -0.3 is 10.1 Å². The summed E-state index contributed by atoms with van der Waals surface area (Å²) in [5.74, 6) is 1.07. The van der Waals surface area contributed by atoms with Gasteiger partial charge >= 0.3 is 6.18 Å². The van der Waals surface area contributed by atoms with Crippen LogP contribution in [0.25, 0.3) is 11.4 Å². The van der Waals surface area contributed by atoms with Gasteiger partial charge in [0.05, 0.1) is 11.1 Å². The minimum absolute atomic E-state index is 0.00832. The van der Waals surface area contributed by atoms with Crippen molar-refractivity contribution in [2.24, 2.45) is 0 Å². The first-order valence-electron chi connectivity index (χ1n) is 8.77. The smallest absolute Gasteiger partial charge is 0.433 e. The molecule has 0 unspecified atom stereocenters. The summed E-state index contributed by atoms with van der Waals surface area (Å²) in [7, 11) is 0. The second-order valence-corrected chi connectivity index (χ2v) is 6.91. The average molecular weight is 423 g/mol. The Kier molecular flexibility index (Phi) is 6.22. The summed E-state index contributed by atoms with van der Waals surface area (Å²) in [5.41, 5.74) is 0.805. The van der Waals surface area contributed by atoms with Gasteiger partial charge in [0, 0.05) is 41.9 Å². The number of hydrogen-bond acceptors (Lipinski definition) is 5. The van der Waals surface area contributed by atoms with E-state index in [2.05, 4.69) is 20.3 Å². The molecule has 2 aromatic heterocycles. The number of ether oxygens (including phenoxy) is 1. The van der Waals surface area contributed by atoms with Gasteiger partial charge in [-0.2, -0.15) is 13.2 Å². The summed E-state index contributed by atoms with van der Waals surface area (Å²) in [5, 5.41) is 3.37. The lowest BCUT2D eigenvalue weighted by atomic mass is 10.2. The predicted octanol–water partition coefficient (Wildman–Crippen LogP) is 5.61. The second kappa shape index (κ2) is 8.65. The Balaban J connectivity index is 1.67. The third-order valence-corrected chi connectivity index (χ3v) is 4.10. The largest absolute Gasteiger partial charge is 0.489 e. The molecule has 0 aliphatic rings. The maximum atomic E-state index is 12.7. The van der Waals surface area contributed by atoms with Crippen molar-refractivity contribution in [2.45, 2.75) is 32.7 Å². The van der Waals surface area contributed by atoms with E-state index >= 15 is 0 Å². The molecule has 0 spiro atoms. The van der Waals surface area contributed by atoms with Crippen molar-refractivity contribution in [2.75, 3.05) is 5.32 Å². The highest BCUT2D eigenvalue weighted by molar-refractivity contribution is 6.32. The molecule has 1 N–H and O–H groups in total. The van der Waals surface area contributed by atoms with Crippen LogP contribution >= 0.6 is 11.6 Å². The molecule has 0 bridgehead atoms. The second-order valence-electron chi connectivity index (χ2n) is 6.51. The zero-order chi connectivity index (χ0) is 21.0. The van der Waals surface area contributed by atoms with E-state index in [0.717, 1.165) is 17.8 Å². The third kappa shape index (κ3) is 5.57. The number of halogens is 4. The number of anilines is 1. The van der Waals surface area contributed by atoms with Crippen LogP contribution in [0.2, 0.25) is 5.02 Å². The third-order valence-electron chi connectivity index (χ3n) is 3.81. The summed E-state index contributed by atoms with van der Waals surface area (Å²) < 4.78 is 43.8. The van der Waals surface area contributed by atoms with Gasteiger partial charge in [-0.3, -0.25) is 4.98 Å². The highest BCUT2D eigenvalue weighted by Crippen LogP contribution is 2.30. The molecule has 3 rings (SSSR count). The van der Waals surface area contributed by atoms with E-state index in [1.165, 1.54) is 6.07 Å². The van der Waals surface area contributed by atoms with Crippen LogP contribution < -0.4 is 10.1 Å². The molecule has 9 heteroatoms. The Hall–Kier alpha value is -2.87. The van der Waals surface area contributed by atoms with Gasteiger partial charge in [0.25, 0.3) is 0 Å². The molecule has 0 saturated heterocycles. The molecule has 0 atom stereocenters. The maximum absolute atomic E-state index is 12.7. The lowest BCUT2D eigenvalue weighted by Gasteiger charge is -2.12. The average Bonchev–Trinajstić information content (AvgIpc) is 2.68. The van der Waals surface area contributed by atoms with Gasteiger partial charge in [-0.1, -0.05) is 11.6 Å². The van der Waals surface area contributed by atoms with Crippen LogP contribution in [-0.4, -0.2) is 21.1 Å². The Bertz CT molecular complexity index is 978. The molecule has 29 heavy (non-hydrogen) atoms. The van der Waals surface area contributed by atoms with E-state index in [1.807, 2.05) is 19.9 Å². The minimum Gasteiger partial charge on any atom is -0.489 e. The van der Waals surface area contributed by atoms with E-state index in [0.29, 0.717) is 27.8 Å². The zero-order valence-electron chi connectivity index (χ0n) is 15.7. The molecule has 0 fully saturated rings. The highest BCUT2D eigenvalue weighted by Gasteiger charge is 2.32. The molecular formula is C20H18ClF3N4O. The van der Waals surface area contributed by atoms with E-state index in [4.69, 9.17) is 16.3 Å². The van der Waals surface area contributed by atoms with Crippen molar-refractivity contribution in [3.63, 3.8) is 0 Å². The van der Waals surface area contributed by atoms with Crippen molar-refractivity contribution in [1.82, 2.24) is 15.0 Å². The van der Waals surface area contributed by atoms with Gasteiger partial charge in [0.1, 0.15) is 11.4 Å². The maximum Gasteiger partial charge on any atom is 0.433 e. The fourth-order valence-corrected chi connectivity index (χ4v) is 2.71. The van der Waals surface area contributed by atoms with Crippen LogP contribution in [0, 0.1) is 0 Å². The molecule has 5 nitrogen and oxygen atoms in total. The number of hydrogen-bond donors (Lipinski definition) is 1. The van der Waals surface area contributed by atoms with E-state index in [9.17, 15) is 13.2 Å². The number of nitrogens with zero attached hydrogens (tertiary/aromatic N) is 3. The van der Waals surface area contributed by atoms with Crippen molar-refractivity contribution in [3.05, 3.63) is 65.2 Å². The van der Waals surface area contributed by atoms with Gasteiger partial charge in [-0.25, -0.2) is 9.97 Å². The topological polar surface area (TPSA) is 59.9 Å². The van der Waals surface area contributed by atoms with Crippen molar-refractivity contribution in [1.29, 1.82) is 0 Å². The molecule has 1 aromatic carbocycles. The fraction of sp³-hybridized carbons (Fsp3) is 0.250. The molecule has 0 saturated carbocycles. The molecule has 2 heterocycles. The molecule has 0 radical (unpaired) electrons. The van der Waals surface area contributed by atoms with E-state index in [1.54, 1.807) is 24.5 Å². The van der Waals surface area contributed by atoms with Gasteiger partial charge in [0.15, 0.2) is 5.82 Å². The number of nitrogens with one attached hydrogen (secondary N) is 1. The van der Waals surface area contributed by atoms with Crippen LogP contribution in [0.15, 0.2) is 48.9 Å². The standard InChI is InChI=1S/C20H18ClF3N4O/c1-12(2)29-17-4-3-14(7-16(17)21)19-27-10-13(11-28-19)9-26-15-5-6-25-18(8-15)20(22,23)24/h3-8,10-12H,9H2,1-2H3,(H,25,26). The van der Waals surface area contributed by atoms with Gasteiger partial charge in [0.2, 0.25) is 0 Å². The Morgan fingerprint density at radius 2 is 1.79 bits per heavy atom.